The maximum atomic E-state index is 9.62. The summed E-state index contributed by atoms with van der Waals surface area (Å²) in [6.45, 7) is 15.7. The summed E-state index contributed by atoms with van der Waals surface area (Å²) < 4.78 is 17.5. The van der Waals surface area contributed by atoms with E-state index in [-0.39, 0.29) is 11.2 Å². The summed E-state index contributed by atoms with van der Waals surface area (Å²) in [6, 6.07) is 0. The second-order valence-electron chi connectivity index (χ2n) is 6.91. The summed E-state index contributed by atoms with van der Waals surface area (Å²) in [6.07, 6.45) is -0.574. The van der Waals surface area contributed by atoms with Crippen molar-refractivity contribution in [2.75, 3.05) is 0 Å². The van der Waals surface area contributed by atoms with Gasteiger partial charge in [-0.1, -0.05) is 13.8 Å². The predicted molar refractivity (Wildman–Crippen MR) is 77.8 cm³/mol. The highest BCUT2D eigenvalue weighted by atomic mass is 16.7. The van der Waals surface area contributed by atoms with Crippen molar-refractivity contribution >= 4 is 14.4 Å². The van der Waals surface area contributed by atoms with Crippen molar-refractivity contribution in [3.8, 4) is 0 Å². The highest BCUT2D eigenvalue weighted by molar-refractivity contribution is 7.03. The van der Waals surface area contributed by atoms with Gasteiger partial charge in [-0.15, -0.1) is 0 Å². The average Bonchev–Trinajstić information content (AvgIpc) is 2.48. The third-order valence-electron chi connectivity index (χ3n) is 4.56. The van der Waals surface area contributed by atoms with Crippen LogP contribution in [0.25, 0.3) is 0 Å². The average molecular weight is 269 g/mol. The minimum absolute atomic E-state index is 0.325. The first kappa shape index (κ1) is 17.0. The molecule has 6 heteroatoms. The minimum atomic E-state index is -0.659. The molecule has 0 aromatic rings. The lowest BCUT2D eigenvalue weighted by molar-refractivity contribution is -0.0435. The van der Waals surface area contributed by atoms with Crippen LogP contribution in [-0.4, -0.2) is 42.4 Å². The van der Waals surface area contributed by atoms with E-state index in [2.05, 4.69) is 20.8 Å². The van der Waals surface area contributed by atoms with Crippen LogP contribution in [0.4, 0.5) is 0 Å². The van der Waals surface area contributed by atoms with Crippen molar-refractivity contribution < 1.29 is 19.1 Å². The molecule has 1 saturated heterocycles. The highest BCUT2D eigenvalue weighted by Crippen LogP contribution is 2.42. The largest absolute Gasteiger partial charge is 0.439 e. The second-order valence-corrected chi connectivity index (χ2v) is 6.91. The molecule has 1 radical (unpaired) electrons. The van der Waals surface area contributed by atoms with Crippen LogP contribution < -0.4 is 0 Å². The Morgan fingerprint density at radius 1 is 1.16 bits per heavy atom. The molecule has 4 nitrogen and oxygen atoms in total. The molecule has 0 bridgehead atoms. The number of hydrogen-bond donors (Lipinski definition) is 1. The monoisotopic (exact) mass is 269 g/mol. The molecule has 0 spiro atoms. The van der Waals surface area contributed by atoms with Crippen LogP contribution in [0.15, 0.2) is 0 Å². The fraction of sp³-hybridized carbons (Fsp3) is 1.00. The van der Waals surface area contributed by atoms with Crippen LogP contribution in [0.2, 0.25) is 0 Å². The molecule has 0 saturated carbocycles. The first-order valence-corrected chi connectivity index (χ1v) is 6.97. The SMILES string of the molecule is CC(O)C(C)(C)O[B]B1OC(C)(C)C(C)(C(C)C)O1. The molecule has 1 aliphatic rings. The van der Waals surface area contributed by atoms with Gasteiger partial charge < -0.3 is 19.1 Å². The summed E-state index contributed by atoms with van der Waals surface area (Å²) in [7, 11) is 1.03. The molecule has 1 aliphatic heterocycles. The quantitative estimate of drug-likeness (QED) is 0.775. The van der Waals surface area contributed by atoms with E-state index in [0.29, 0.717) is 5.92 Å². The van der Waals surface area contributed by atoms with Gasteiger partial charge in [0.1, 0.15) is 0 Å². The molecule has 1 N–H and O–H groups in total. The van der Waals surface area contributed by atoms with Crippen LogP contribution in [0.1, 0.15) is 55.4 Å². The number of aliphatic hydroxyl groups excluding tert-OH is 1. The van der Waals surface area contributed by atoms with Crippen molar-refractivity contribution in [1.82, 2.24) is 0 Å². The lowest BCUT2D eigenvalue weighted by Gasteiger charge is -2.40. The molecule has 2 atom stereocenters. The number of hydrogen-bond acceptors (Lipinski definition) is 4. The fourth-order valence-electron chi connectivity index (χ4n) is 2.03. The van der Waals surface area contributed by atoms with Crippen LogP contribution >= 0.6 is 0 Å². The number of rotatable bonds is 5. The third kappa shape index (κ3) is 3.35. The Morgan fingerprint density at radius 3 is 2.05 bits per heavy atom. The third-order valence-corrected chi connectivity index (χ3v) is 4.56. The van der Waals surface area contributed by atoms with Crippen molar-refractivity contribution in [3.05, 3.63) is 0 Å². The van der Waals surface area contributed by atoms with Crippen molar-refractivity contribution in [2.24, 2.45) is 5.92 Å². The topological polar surface area (TPSA) is 47.9 Å². The lowest BCUT2D eigenvalue weighted by atomic mass is 9.55. The van der Waals surface area contributed by atoms with E-state index in [1.54, 1.807) is 14.3 Å². The summed E-state index contributed by atoms with van der Waals surface area (Å²) >= 11 is 0. The zero-order valence-corrected chi connectivity index (χ0v) is 13.5. The highest BCUT2D eigenvalue weighted by Gasteiger charge is 2.56. The first-order valence-electron chi connectivity index (χ1n) is 6.97. The van der Waals surface area contributed by atoms with Gasteiger partial charge in [0.2, 0.25) is 0 Å². The van der Waals surface area contributed by atoms with Gasteiger partial charge in [-0.25, -0.2) is 0 Å². The molecular formula is C13H27B2O4. The maximum Gasteiger partial charge on any atom is 0.439 e. The Labute approximate surface area is 118 Å². The summed E-state index contributed by atoms with van der Waals surface area (Å²) in [5.41, 5.74) is -1.42. The molecule has 2 unspecified atom stereocenters. The van der Waals surface area contributed by atoms with Gasteiger partial charge in [-0.2, -0.15) is 0 Å². The van der Waals surface area contributed by atoms with Crippen molar-refractivity contribution in [3.63, 3.8) is 0 Å². The van der Waals surface area contributed by atoms with Gasteiger partial charge in [0, 0.05) is 0 Å². The van der Waals surface area contributed by atoms with E-state index in [1.807, 2.05) is 27.7 Å². The predicted octanol–water partition coefficient (Wildman–Crippen LogP) is 2.01. The van der Waals surface area contributed by atoms with Crippen LogP contribution in [0.3, 0.4) is 0 Å². The normalized spacial score (nSPS) is 28.8. The van der Waals surface area contributed by atoms with E-state index < -0.39 is 18.7 Å². The molecule has 0 aromatic heterocycles. The number of aliphatic hydroxyl groups is 1. The molecular weight excluding hydrogens is 242 g/mol. The molecule has 1 fully saturated rings. The first-order chi connectivity index (χ1) is 8.42. The van der Waals surface area contributed by atoms with Gasteiger partial charge >= 0.3 is 14.4 Å². The molecule has 0 aromatic carbocycles. The molecule has 109 valence electrons. The molecule has 19 heavy (non-hydrogen) atoms. The standard InChI is InChI=1S/C13H27B2O4/c1-9(2)13(8)12(6,7)18-15(19-13)14-17-11(4,5)10(3)16/h9-10,16H,1-8H3. The zero-order valence-electron chi connectivity index (χ0n) is 13.5. The Morgan fingerprint density at radius 2 is 1.68 bits per heavy atom. The molecule has 1 rings (SSSR count). The molecule has 1 heterocycles. The van der Waals surface area contributed by atoms with Crippen LogP contribution in [-0.2, 0) is 14.0 Å². The van der Waals surface area contributed by atoms with Crippen molar-refractivity contribution in [1.29, 1.82) is 0 Å². The smallest absolute Gasteiger partial charge is 0.436 e. The summed E-state index contributed by atoms with van der Waals surface area (Å²) in [5.74, 6) is 0.325. The summed E-state index contributed by atoms with van der Waals surface area (Å²) in [5, 5.41) is 9.62. The van der Waals surface area contributed by atoms with Gasteiger partial charge in [0.25, 0.3) is 0 Å². The Balaban J connectivity index is 2.66. The fourth-order valence-corrected chi connectivity index (χ4v) is 2.03. The lowest BCUT2D eigenvalue weighted by Crippen LogP contribution is -2.48. The zero-order chi connectivity index (χ0) is 15.1. The van der Waals surface area contributed by atoms with Crippen LogP contribution in [0.5, 0.6) is 0 Å². The van der Waals surface area contributed by atoms with E-state index in [4.69, 9.17) is 14.0 Å². The second kappa shape index (κ2) is 5.40. The van der Waals surface area contributed by atoms with Crippen LogP contribution in [0, 0.1) is 5.92 Å². The minimum Gasteiger partial charge on any atom is -0.436 e. The van der Waals surface area contributed by atoms with E-state index in [9.17, 15) is 5.11 Å². The van der Waals surface area contributed by atoms with Gasteiger partial charge in [-0.3, -0.25) is 0 Å². The van der Waals surface area contributed by atoms with Gasteiger partial charge in [0.15, 0.2) is 0 Å². The van der Waals surface area contributed by atoms with Gasteiger partial charge in [-0.05, 0) is 47.5 Å². The summed E-state index contributed by atoms with van der Waals surface area (Å²) in [4.78, 5) is 0. The maximum absolute atomic E-state index is 9.62. The van der Waals surface area contributed by atoms with E-state index >= 15 is 0 Å². The van der Waals surface area contributed by atoms with E-state index in [0.717, 1.165) is 0 Å². The Kier molecular flexibility index (Phi) is 4.83. The van der Waals surface area contributed by atoms with E-state index in [1.165, 1.54) is 0 Å². The Bertz CT molecular complexity index is 318. The molecule has 0 aliphatic carbocycles. The van der Waals surface area contributed by atoms with Crippen molar-refractivity contribution in [2.45, 2.75) is 78.3 Å². The van der Waals surface area contributed by atoms with Gasteiger partial charge in [0.05, 0.1) is 22.9 Å². The Hall–Kier alpha value is -0.0301. The molecule has 0 amide bonds.